The highest BCUT2D eigenvalue weighted by atomic mass is 35.5. The summed E-state index contributed by atoms with van der Waals surface area (Å²) in [6, 6.07) is 14.3. The van der Waals surface area contributed by atoms with Crippen molar-refractivity contribution in [2.75, 3.05) is 10.0 Å². The molecule has 3 aromatic rings. The van der Waals surface area contributed by atoms with E-state index in [-0.39, 0.29) is 39.6 Å². The molecule has 35 heavy (non-hydrogen) atoms. The molecule has 0 saturated carbocycles. The molecule has 10 heteroatoms. The third-order valence-corrected chi connectivity index (χ3v) is 7.03. The van der Waals surface area contributed by atoms with Crippen LogP contribution in [0.4, 0.5) is 11.4 Å². The van der Waals surface area contributed by atoms with Gasteiger partial charge < -0.3 is 10.1 Å². The molecule has 0 radical (unpaired) electrons. The van der Waals surface area contributed by atoms with Crippen LogP contribution in [-0.2, 0) is 26.7 Å². The molecule has 0 aliphatic rings. The zero-order chi connectivity index (χ0) is 25.6. The van der Waals surface area contributed by atoms with Crippen molar-refractivity contribution in [1.82, 2.24) is 4.98 Å². The van der Waals surface area contributed by atoms with Crippen molar-refractivity contribution in [2.24, 2.45) is 0 Å². The van der Waals surface area contributed by atoms with Crippen LogP contribution >= 0.6 is 11.6 Å². The summed E-state index contributed by atoms with van der Waals surface area (Å²) in [7, 11) is -4.05. The van der Waals surface area contributed by atoms with E-state index >= 15 is 0 Å². The summed E-state index contributed by atoms with van der Waals surface area (Å²) in [6.45, 7) is 3.47. The number of carbonyl (C=O) groups is 2. The largest absolute Gasteiger partial charge is 0.321 e. The highest BCUT2D eigenvalue weighted by Gasteiger charge is 2.24. The number of sulfonamides is 1. The Balaban J connectivity index is 1.99. The first kappa shape index (κ1) is 25.9. The summed E-state index contributed by atoms with van der Waals surface area (Å²) in [5.74, 6) is -0.562. The molecule has 0 aliphatic heterocycles. The van der Waals surface area contributed by atoms with E-state index in [2.05, 4.69) is 21.1 Å². The van der Waals surface area contributed by atoms with E-state index in [4.69, 9.17) is 11.6 Å². The van der Waals surface area contributed by atoms with E-state index in [9.17, 15) is 23.3 Å². The number of nitrogens with zero attached hydrogens (tertiary/aromatic N) is 2. The Morgan fingerprint density at radius 2 is 1.89 bits per heavy atom. The van der Waals surface area contributed by atoms with Crippen LogP contribution in [0, 0.1) is 11.3 Å². The highest BCUT2D eigenvalue weighted by molar-refractivity contribution is 7.92. The topological polar surface area (TPSA) is 129 Å². The molecule has 1 aromatic heterocycles. The Morgan fingerprint density at radius 1 is 1.17 bits per heavy atom. The number of halogens is 1. The SMILES string of the molecule is CC(C)(C#N)c1ccc(S(=O)(=O)Nc2ccc(Cl)c(C(=O)Nc3cccnc3)c2CCC=O)cc1. The third kappa shape index (κ3) is 6.04. The minimum Gasteiger partial charge on any atom is -0.321 e. The zero-order valence-electron chi connectivity index (χ0n) is 19.1. The van der Waals surface area contributed by atoms with Crippen LogP contribution in [0.2, 0.25) is 5.02 Å². The van der Waals surface area contributed by atoms with E-state index in [1.807, 2.05) is 0 Å². The van der Waals surface area contributed by atoms with Crippen LogP contribution < -0.4 is 10.0 Å². The van der Waals surface area contributed by atoms with E-state index in [1.54, 1.807) is 44.3 Å². The number of pyridine rings is 1. The van der Waals surface area contributed by atoms with Crippen LogP contribution in [0.3, 0.4) is 0 Å². The second-order valence-electron chi connectivity index (χ2n) is 8.22. The Morgan fingerprint density at radius 3 is 2.49 bits per heavy atom. The van der Waals surface area contributed by atoms with Gasteiger partial charge in [0.15, 0.2) is 0 Å². The second kappa shape index (κ2) is 10.7. The Kier molecular flexibility index (Phi) is 7.89. The molecule has 1 amide bonds. The lowest BCUT2D eigenvalue weighted by atomic mass is 9.87. The molecule has 0 bridgehead atoms. The van der Waals surface area contributed by atoms with E-state index in [0.717, 1.165) is 0 Å². The molecule has 8 nitrogen and oxygen atoms in total. The lowest BCUT2D eigenvalue weighted by molar-refractivity contribution is -0.107. The monoisotopic (exact) mass is 510 g/mol. The van der Waals surface area contributed by atoms with Crippen LogP contribution in [-0.4, -0.2) is 25.6 Å². The molecule has 3 rings (SSSR count). The number of benzene rings is 2. The number of rotatable bonds is 9. The van der Waals surface area contributed by atoms with Gasteiger partial charge in [0.25, 0.3) is 15.9 Å². The number of carbonyl (C=O) groups excluding carboxylic acids is 2. The number of aldehydes is 1. The number of nitriles is 1. The Hall–Kier alpha value is -3.74. The molecule has 0 saturated heterocycles. The molecule has 0 aliphatic carbocycles. The fraction of sp³-hybridized carbons (Fsp3) is 0.200. The minimum absolute atomic E-state index is 0.0207. The molecular formula is C25H23ClN4O4S. The second-order valence-corrected chi connectivity index (χ2v) is 10.3. The summed E-state index contributed by atoms with van der Waals surface area (Å²) in [6.07, 6.45) is 3.84. The number of anilines is 2. The van der Waals surface area contributed by atoms with Crippen molar-refractivity contribution in [3.05, 3.63) is 82.6 Å². The molecule has 1 heterocycles. The molecular weight excluding hydrogens is 488 g/mol. The van der Waals surface area contributed by atoms with Crippen LogP contribution in [0.1, 0.15) is 41.8 Å². The van der Waals surface area contributed by atoms with Crippen LogP contribution in [0.25, 0.3) is 0 Å². The van der Waals surface area contributed by atoms with E-state index in [1.165, 1.54) is 30.5 Å². The predicted molar refractivity (Wildman–Crippen MR) is 134 cm³/mol. The quantitative estimate of drug-likeness (QED) is 0.401. The summed E-state index contributed by atoms with van der Waals surface area (Å²) >= 11 is 6.34. The number of aromatic nitrogens is 1. The Labute approximate surface area is 209 Å². The van der Waals surface area contributed by atoms with Crippen molar-refractivity contribution in [3.8, 4) is 6.07 Å². The maximum Gasteiger partial charge on any atom is 0.261 e. The number of nitrogens with one attached hydrogen (secondary N) is 2. The van der Waals surface area contributed by atoms with Gasteiger partial charge in [0.1, 0.15) is 6.29 Å². The Bertz CT molecular complexity index is 1380. The predicted octanol–water partition coefficient (Wildman–Crippen LogP) is 4.72. The molecule has 0 unspecified atom stereocenters. The first-order chi connectivity index (χ1) is 16.6. The number of amides is 1. The summed E-state index contributed by atoms with van der Waals surface area (Å²) in [5.41, 5.74) is 0.812. The van der Waals surface area contributed by atoms with Gasteiger partial charge in [-0.2, -0.15) is 5.26 Å². The minimum atomic E-state index is -4.05. The normalized spacial score (nSPS) is 11.4. The number of hydrogen-bond donors (Lipinski definition) is 2. The van der Waals surface area contributed by atoms with Gasteiger partial charge in [-0.05, 0) is 67.8 Å². The maximum absolute atomic E-state index is 13.1. The summed E-state index contributed by atoms with van der Waals surface area (Å²) in [5, 5.41) is 12.1. The fourth-order valence-corrected chi connectivity index (χ4v) is 4.73. The van der Waals surface area contributed by atoms with Gasteiger partial charge in [-0.1, -0.05) is 23.7 Å². The van der Waals surface area contributed by atoms with Gasteiger partial charge in [-0.15, -0.1) is 0 Å². The van der Waals surface area contributed by atoms with E-state index in [0.29, 0.717) is 17.5 Å². The lowest BCUT2D eigenvalue weighted by Crippen LogP contribution is -2.19. The van der Waals surface area contributed by atoms with Crippen molar-refractivity contribution in [2.45, 2.75) is 37.0 Å². The molecule has 2 aromatic carbocycles. The van der Waals surface area contributed by atoms with Crippen molar-refractivity contribution in [3.63, 3.8) is 0 Å². The molecule has 2 N–H and O–H groups in total. The maximum atomic E-state index is 13.1. The average Bonchev–Trinajstić information content (AvgIpc) is 2.84. The zero-order valence-corrected chi connectivity index (χ0v) is 20.7. The van der Waals surface area contributed by atoms with Gasteiger partial charge in [0, 0.05) is 12.6 Å². The lowest BCUT2D eigenvalue weighted by Gasteiger charge is -2.18. The highest BCUT2D eigenvalue weighted by Crippen LogP contribution is 2.31. The van der Waals surface area contributed by atoms with Gasteiger partial charge in [-0.3, -0.25) is 14.5 Å². The van der Waals surface area contributed by atoms with Crippen LogP contribution in [0.5, 0.6) is 0 Å². The molecule has 0 fully saturated rings. The van der Waals surface area contributed by atoms with Crippen molar-refractivity contribution in [1.29, 1.82) is 5.26 Å². The van der Waals surface area contributed by atoms with Gasteiger partial charge >= 0.3 is 0 Å². The summed E-state index contributed by atoms with van der Waals surface area (Å²) < 4.78 is 28.8. The van der Waals surface area contributed by atoms with Crippen molar-refractivity contribution >= 4 is 45.2 Å². The van der Waals surface area contributed by atoms with Crippen LogP contribution in [0.15, 0.2) is 65.8 Å². The summed E-state index contributed by atoms with van der Waals surface area (Å²) in [4.78, 5) is 28.1. The standard InChI is InChI=1S/C25H23ClN4O4S/c1-25(2,16-27)17-7-9-19(10-8-17)35(33,34)30-22-12-11-21(26)23(20(22)6-4-14-31)24(32)29-18-5-3-13-28-15-18/h3,5,7-15,30H,4,6H2,1-2H3,(H,29,32). The number of hydrogen-bond acceptors (Lipinski definition) is 6. The van der Waals surface area contributed by atoms with Crippen molar-refractivity contribution < 1.29 is 18.0 Å². The van der Waals surface area contributed by atoms with Gasteiger partial charge in [-0.25, -0.2) is 8.42 Å². The molecule has 0 atom stereocenters. The fourth-order valence-electron chi connectivity index (χ4n) is 3.37. The van der Waals surface area contributed by atoms with Gasteiger partial charge in [0.05, 0.1) is 44.5 Å². The molecule has 0 spiro atoms. The van der Waals surface area contributed by atoms with Gasteiger partial charge in [0.2, 0.25) is 0 Å². The average molecular weight is 511 g/mol. The smallest absolute Gasteiger partial charge is 0.261 e. The first-order valence-electron chi connectivity index (χ1n) is 10.6. The first-order valence-corrected chi connectivity index (χ1v) is 12.5. The molecule has 180 valence electrons. The van der Waals surface area contributed by atoms with E-state index < -0.39 is 21.3 Å². The third-order valence-electron chi connectivity index (χ3n) is 5.33.